The predicted molar refractivity (Wildman–Crippen MR) is 28.6 cm³/mol. The molecule has 0 heterocycles. The fourth-order valence-corrected chi connectivity index (χ4v) is 0.177. The maximum absolute atomic E-state index is 8.44. The second-order valence-corrected chi connectivity index (χ2v) is 1.18. The summed E-state index contributed by atoms with van der Waals surface area (Å²) in [5, 5.41) is 8.44. The van der Waals surface area contributed by atoms with E-state index in [1.54, 1.807) is 14.0 Å². The Kier molecular flexibility index (Phi) is 3.14. The van der Waals surface area contributed by atoms with Gasteiger partial charge in [0, 0.05) is 13.2 Å². The first kappa shape index (κ1) is 6.30. The van der Waals surface area contributed by atoms with Crippen LogP contribution in [0.25, 0.3) is 0 Å². The summed E-state index contributed by atoms with van der Waals surface area (Å²) in [7, 11) is 1.72. The van der Waals surface area contributed by atoms with Gasteiger partial charge >= 0.3 is 0 Å². The SMILES string of the molecule is CNN/C=C(\C)O. The van der Waals surface area contributed by atoms with Gasteiger partial charge in [0.05, 0.1) is 0 Å². The van der Waals surface area contributed by atoms with Crippen LogP contribution in [0.15, 0.2) is 12.0 Å². The van der Waals surface area contributed by atoms with Crippen molar-refractivity contribution in [2.75, 3.05) is 7.05 Å². The van der Waals surface area contributed by atoms with Gasteiger partial charge in [-0.05, 0) is 6.92 Å². The Bertz CT molecular complexity index is 66.1. The van der Waals surface area contributed by atoms with E-state index in [1.165, 1.54) is 6.20 Å². The molecule has 0 unspecified atom stereocenters. The Hall–Kier alpha value is -0.700. The molecule has 0 saturated carbocycles. The van der Waals surface area contributed by atoms with Crippen LogP contribution in [0.1, 0.15) is 6.92 Å². The molecular formula is C4H10N2O. The molecule has 0 bridgehead atoms. The van der Waals surface area contributed by atoms with Crippen molar-refractivity contribution in [1.82, 2.24) is 10.9 Å². The lowest BCUT2D eigenvalue weighted by atomic mass is 10.6. The third kappa shape index (κ3) is 5.30. The lowest BCUT2D eigenvalue weighted by Crippen LogP contribution is -2.21. The van der Waals surface area contributed by atoms with Gasteiger partial charge in [-0.2, -0.15) is 0 Å². The second-order valence-electron chi connectivity index (χ2n) is 1.18. The standard InChI is InChI=1S/C4H10N2O/c1-4(7)3-6-5-2/h3,5-7H,1-2H3/b4-3+. The predicted octanol–water partition coefficient (Wildman–Crippen LogP) is 0.130. The highest BCUT2D eigenvalue weighted by molar-refractivity contribution is 4.80. The lowest BCUT2D eigenvalue weighted by Gasteiger charge is -1.92. The van der Waals surface area contributed by atoms with E-state index in [9.17, 15) is 0 Å². The molecule has 7 heavy (non-hydrogen) atoms. The fourth-order valence-electron chi connectivity index (χ4n) is 0.177. The summed E-state index contributed by atoms with van der Waals surface area (Å²) in [6, 6.07) is 0. The van der Waals surface area contributed by atoms with Gasteiger partial charge in [-0.1, -0.05) is 0 Å². The zero-order valence-corrected chi connectivity index (χ0v) is 4.52. The maximum Gasteiger partial charge on any atom is 0.106 e. The van der Waals surface area contributed by atoms with Gasteiger partial charge in [-0.25, -0.2) is 5.43 Å². The highest BCUT2D eigenvalue weighted by atomic mass is 16.3. The second kappa shape index (κ2) is 3.49. The molecule has 0 atom stereocenters. The normalized spacial score (nSPS) is 11.4. The van der Waals surface area contributed by atoms with Crippen LogP contribution in [0.4, 0.5) is 0 Å². The summed E-state index contributed by atoms with van der Waals surface area (Å²) in [5.74, 6) is 0.259. The smallest absolute Gasteiger partial charge is 0.106 e. The third-order valence-corrected chi connectivity index (χ3v) is 0.425. The Morgan fingerprint density at radius 2 is 2.29 bits per heavy atom. The van der Waals surface area contributed by atoms with Gasteiger partial charge in [0.2, 0.25) is 0 Å². The van der Waals surface area contributed by atoms with E-state index in [0.29, 0.717) is 0 Å². The minimum absolute atomic E-state index is 0.259. The van der Waals surface area contributed by atoms with Crippen molar-refractivity contribution in [3.63, 3.8) is 0 Å². The molecule has 0 aromatic heterocycles. The first-order valence-electron chi connectivity index (χ1n) is 2.05. The van der Waals surface area contributed by atoms with Gasteiger partial charge < -0.3 is 10.5 Å². The number of nitrogens with one attached hydrogen (secondary N) is 2. The number of rotatable bonds is 2. The quantitative estimate of drug-likeness (QED) is 0.343. The van der Waals surface area contributed by atoms with Gasteiger partial charge in [-0.15, -0.1) is 0 Å². The van der Waals surface area contributed by atoms with Crippen molar-refractivity contribution < 1.29 is 5.11 Å². The Morgan fingerprint density at radius 3 is 2.43 bits per heavy atom. The number of aliphatic hydroxyl groups excluding tert-OH is 1. The molecule has 0 aromatic carbocycles. The monoisotopic (exact) mass is 102 g/mol. The summed E-state index contributed by atoms with van der Waals surface area (Å²) < 4.78 is 0. The Labute approximate surface area is 43.0 Å². The van der Waals surface area contributed by atoms with Crippen molar-refractivity contribution in [2.24, 2.45) is 0 Å². The summed E-state index contributed by atoms with van der Waals surface area (Å²) in [6.07, 6.45) is 1.46. The van der Waals surface area contributed by atoms with E-state index >= 15 is 0 Å². The van der Waals surface area contributed by atoms with Gasteiger partial charge in [0.15, 0.2) is 0 Å². The number of hydrogen-bond acceptors (Lipinski definition) is 3. The van der Waals surface area contributed by atoms with Crippen LogP contribution >= 0.6 is 0 Å². The molecule has 3 nitrogen and oxygen atoms in total. The van der Waals surface area contributed by atoms with Crippen molar-refractivity contribution in [3.05, 3.63) is 12.0 Å². The molecule has 0 fully saturated rings. The number of aliphatic hydroxyl groups is 1. The molecule has 0 aromatic rings. The molecule has 0 saturated heterocycles. The average molecular weight is 102 g/mol. The summed E-state index contributed by atoms with van der Waals surface area (Å²) in [5.41, 5.74) is 5.20. The zero-order valence-electron chi connectivity index (χ0n) is 4.52. The largest absolute Gasteiger partial charge is 0.511 e. The van der Waals surface area contributed by atoms with Crippen molar-refractivity contribution >= 4 is 0 Å². The van der Waals surface area contributed by atoms with Crippen LogP contribution < -0.4 is 10.9 Å². The summed E-state index contributed by atoms with van der Waals surface area (Å²) in [6.45, 7) is 1.59. The van der Waals surface area contributed by atoms with Crippen LogP contribution in [0, 0.1) is 0 Å². The van der Waals surface area contributed by atoms with Crippen LogP contribution in [-0.2, 0) is 0 Å². The highest BCUT2D eigenvalue weighted by Crippen LogP contribution is 1.74. The van der Waals surface area contributed by atoms with Crippen LogP contribution in [0.3, 0.4) is 0 Å². The molecular weight excluding hydrogens is 92.1 g/mol. The molecule has 0 aliphatic heterocycles. The van der Waals surface area contributed by atoms with Gasteiger partial charge in [-0.3, -0.25) is 0 Å². The minimum Gasteiger partial charge on any atom is -0.511 e. The molecule has 0 spiro atoms. The van der Waals surface area contributed by atoms with Crippen molar-refractivity contribution in [3.8, 4) is 0 Å². The molecule has 0 amide bonds. The summed E-state index contributed by atoms with van der Waals surface area (Å²) >= 11 is 0. The number of allylic oxidation sites excluding steroid dienone is 1. The minimum atomic E-state index is 0.259. The van der Waals surface area contributed by atoms with Crippen LogP contribution in [0.5, 0.6) is 0 Å². The van der Waals surface area contributed by atoms with Crippen LogP contribution in [0.2, 0.25) is 0 Å². The summed E-state index contributed by atoms with van der Waals surface area (Å²) in [4.78, 5) is 0. The van der Waals surface area contributed by atoms with E-state index in [2.05, 4.69) is 10.9 Å². The van der Waals surface area contributed by atoms with Crippen LogP contribution in [-0.4, -0.2) is 12.2 Å². The van der Waals surface area contributed by atoms with E-state index < -0.39 is 0 Å². The van der Waals surface area contributed by atoms with E-state index in [1.807, 2.05) is 0 Å². The third-order valence-electron chi connectivity index (χ3n) is 0.425. The van der Waals surface area contributed by atoms with E-state index in [0.717, 1.165) is 0 Å². The van der Waals surface area contributed by atoms with Crippen molar-refractivity contribution in [2.45, 2.75) is 6.92 Å². The molecule has 42 valence electrons. The molecule has 3 heteroatoms. The van der Waals surface area contributed by atoms with Crippen molar-refractivity contribution in [1.29, 1.82) is 0 Å². The highest BCUT2D eigenvalue weighted by Gasteiger charge is 1.71. The zero-order chi connectivity index (χ0) is 5.70. The topological polar surface area (TPSA) is 44.3 Å². The number of hydrazine groups is 1. The molecule has 0 aliphatic carbocycles. The van der Waals surface area contributed by atoms with Gasteiger partial charge in [0.25, 0.3) is 0 Å². The first-order valence-corrected chi connectivity index (χ1v) is 2.05. The molecule has 0 radical (unpaired) electrons. The Balaban J connectivity index is 3.08. The Morgan fingerprint density at radius 1 is 1.71 bits per heavy atom. The van der Waals surface area contributed by atoms with E-state index in [-0.39, 0.29) is 5.76 Å². The number of hydrogen-bond donors (Lipinski definition) is 3. The first-order chi connectivity index (χ1) is 3.27. The van der Waals surface area contributed by atoms with Gasteiger partial charge in [0.1, 0.15) is 5.76 Å². The molecule has 3 N–H and O–H groups in total. The van der Waals surface area contributed by atoms with E-state index in [4.69, 9.17) is 5.11 Å². The average Bonchev–Trinajstić information content (AvgIpc) is 1.61. The fraction of sp³-hybridized carbons (Fsp3) is 0.500. The maximum atomic E-state index is 8.44. The molecule has 0 aliphatic rings. The lowest BCUT2D eigenvalue weighted by molar-refractivity contribution is 0.407. The molecule has 0 rings (SSSR count).